The van der Waals surface area contributed by atoms with Gasteiger partial charge in [0, 0.05) is 29.9 Å². The zero-order chi connectivity index (χ0) is 26.4. The van der Waals surface area contributed by atoms with E-state index < -0.39 is 18.0 Å². The Morgan fingerprint density at radius 1 is 1.03 bits per heavy atom. The molecule has 192 valence electrons. The Bertz CT molecular complexity index is 1300. The van der Waals surface area contributed by atoms with Gasteiger partial charge in [0.1, 0.15) is 6.04 Å². The Morgan fingerprint density at radius 3 is 2.46 bits per heavy atom. The van der Waals surface area contributed by atoms with Crippen LogP contribution < -0.4 is 21.7 Å². The summed E-state index contributed by atoms with van der Waals surface area (Å²) in [5, 5.41) is 9.09. The van der Waals surface area contributed by atoms with Crippen LogP contribution in [0.15, 0.2) is 60.7 Å². The molecule has 5 N–H and O–H groups in total. The maximum Gasteiger partial charge on any atom is 0.411 e. The van der Waals surface area contributed by atoms with Crippen LogP contribution in [0.4, 0.5) is 16.2 Å². The number of primary amides is 1. The molecule has 8 nitrogen and oxygen atoms in total. The smallest absolute Gasteiger partial charge is 0.411 e. The van der Waals surface area contributed by atoms with E-state index in [2.05, 4.69) is 29.8 Å². The lowest BCUT2D eigenvalue weighted by Gasteiger charge is -2.24. The van der Waals surface area contributed by atoms with Gasteiger partial charge in [-0.05, 0) is 71.0 Å². The van der Waals surface area contributed by atoms with Crippen LogP contribution >= 0.6 is 0 Å². The fraction of sp³-hybridized carbons (Fsp3) is 0.276. The van der Waals surface area contributed by atoms with Crippen LogP contribution in [-0.4, -0.2) is 24.5 Å². The van der Waals surface area contributed by atoms with E-state index in [1.54, 1.807) is 36.4 Å². The predicted molar refractivity (Wildman–Crippen MR) is 143 cm³/mol. The van der Waals surface area contributed by atoms with E-state index >= 15 is 0 Å². The third kappa shape index (κ3) is 6.27. The molecule has 1 atom stereocenters. The first-order valence-corrected chi connectivity index (χ1v) is 12.5. The normalized spacial score (nSPS) is 15.9. The van der Waals surface area contributed by atoms with Gasteiger partial charge < -0.3 is 21.1 Å². The zero-order valence-corrected chi connectivity index (χ0v) is 21.1. The van der Waals surface area contributed by atoms with Gasteiger partial charge in [-0.3, -0.25) is 14.9 Å². The van der Waals surface area contributed by atoms with E-state index in [1.807, 2.05) is 24.3 Å². The minimum atomic E-state index is -0.709. The highest BCUT2D eigenvalue weighted by atomic mass is 16.5. The maximum absolute atomic E-state index is 13.6. The summed E-state index contributed by atoms with van der Waals surface area (Å²) in [6.07, 6.45) is 1.59. The summed E-state index contributed by atoms with van der Waals surface area (Å²) >= 11 is 0. The Labute approximate surface area is 216 Å². The van der Waals surface area contributed by atoms with Gasteiger partial charge in [-0.25, -0.2) is 4.79 Å². The van der Waals surface area contributed by atoms with E-state index in [0.29, 0.717) is 23.4 Å². The molecule has 0 aromatic heterocycles. The molecule has 2 aliphatic heterocycles. The van der Waals surface area contributed by atoms with Gasteiger partial charge >= 0.3 is 6.09 Å². The van der Waals surface area contributed by atoms with Gasteiger partial charge in [-0.1, -0.05) is 44.2 Å². The minimum absolute atomic E-state index is 0.216. The van der Waals surface area contributed by atoms with E-state index in [0.717, 1.165) is 40.7 Å². The number of ether oxygens (including phenoxy) is 1. The second kappa shape index (κ2) is 11.6. The number of anilines is 2. The summed E-state index contributed by atoms with van der Waals surface area (Å²) < 4.78 is 5.47. The van der Waals surface area contributed by atoms with E-state index in [-0.39, 0.29) is 19.1 Å². The van der Waals surface area contributed by atoms with Crippen molar-refractivity contribution in [3.63, 3.8) is 0 Å². The van der Waals surface area contributed by atoms with Gasteiger partial charge in [0.15, 0.2) is 0 Å². The van der Waals surface area contributed by atoms with Crippen molar-refractivity contribution in [1.82, 2.24) is 5.32 Å². The first kappa shape index (κ1) is 25.8. The van der Waals surface area contributed by atoms with Crippen molar-refractivity contribution in [2.45, 2.75) is 45.7 Å². The number of nitrogens with two attached hydrogens (primary N) is 1. The molecule has 3 amide bonds. The summed E-state index contributed by atoms with van der Waals surface area (Å²) in [4.78, 5) is 37.7. The largest absolute Gasteiger partial charge is 0.449 e. The monoisotopic (exact) mass is 500 g/mol. The number of rotatable bonds is 5. The molecule has 0 spiro atoms. The predicted octanol–water partition coefficient (Wildman–Crippen LogP) is 4.48. The number of aryl methyl sites for hydroxylation is 2. The average molecular weight is 501 g/mol. The number of hydrogen-bond acceptors (Lipinski definition) is 5. The molecule has 0 saturated heterocycles. The molecule has 4 bridgehead atoms. The lowest BCUT2D eigenvalue weighted by Crippen LogP contribution is -2.33. The lowest BCUT2D eigenvalue weighted by molar-refractivity contribution is -0.122. The molecule has 8 heteroatoms. The minimum Gasteiger partial charge on any atom is -0.449 e. The van der Waals surface area contributed by atoms with Gasteiger partial charge in [-0.15, -0.1) is 0 Å². The van der Waals surface area contributed by atoms with Crippen molar-refractivity contribution in [1.29, 1.82) is 0 Å². The van der Waals surface area contributed by atoms with Crippen molar-refractivity contribution in [2.24, 2.45) is 5.73 Å². The number of nitrogens with one attached hydrogen (secondary N) is 3. The molecule has 0 radical (unpaired) electrons. The SMILES string of the molecule is CCc1cc2cc(CC)c1CCOC(=O)Nc1cccc(c1)CNC(=O)C2Nc1cccc(C(N)=O)c1. The molecule has 3 aromatic carbocycles. The molecule has 2 heterocycles. The number of benzene rings is 3. The second-order valence-corrected chi connectivity index (χ2v) is 8.98. The maximum atomic E-state index is 13.6. The number of carbonyl (C=O) groups is 3. The van der Waals surface area contributed by atoms with Crippen molar-refractivity contribution >= 4 is 29.3 Å². The molecule has 37 heavy (non-hydrogen) atoms. The zero-order valence-electron chi connectivity index (χ0n) is 21.1. The molecule has 2 aliphatic rings. The average Bonchev–Trinajstić information content (AvgIpc) is 2.90. The van der Waals surface area contributed by atoms with Gasteiger partial charge in [0.25, 0.3) is 0 Å². The number of fused-ring (bicyclic) bond motifs is 9. The Morgan fingerprint density at radius 2 is 1.76 bits per heavy atom. The van der Waals surface area contributed by atoms with Crippen LogP contribution in [-0.2, 0) is 35.3 Å². The molecule has 0 aliphatic carbocycles. The highest BCUT2D eigenvalue weighted by molar-refractivity contribution is 5.94. The van der Waals surface area contributed by atoms with E-state index in [9.17, 15) is 14.4 Å². The van der Waals surface area contributed by atoms with E-state index in [4.69, 9.17) is 10.5 Å². The van der Waals surface area contributed by atoms with Crippen molar-refractivity contribution in [2.75, 3.05) is 17.2 Å². The van der Waals surface area contributed by atoms with Crippen molar-refractivity contribution in [3.8, 4) is 0 Å². The van der Waals surface area contributed by atoms with E-state index in [1.165, 1.54) is 0 Å². The summed E-state index contributed by atoms with van der Waals surface area (Å²) in [5.41, 5.74) is 12.0. The fourth-order valence-electron chi connectivity index (χ4n) is 4.62. The molecule has 3 aromatic rings. The van der Waals surface area contributed by atoms with Crippen LogP contribution in [0.1, 0.15) is 58.1 Å². The van der Waals surface area contributed by atoms with Gasteiger partial charge in [0.05, 0.1) is 6.61 Å². The topological polar surface area (TPSA) is 123 Å². The second-order valence-electron chi connectivity index (χ2n) is 8.98. The Hall–Kier alpha value is -4.33. The van der Waals surface area contributed by atoms with Crippen LogP contribution in [0.2, 0.25) is 0 Å². The van der Waals surface area contributed by atoms with Crippen LogP contribution in [0.5, 0.6) is 0 Å². The number of hydrogen-bond donors (Lipinski definition) is 4. The fourth-order valence-corrected chi connectivity index (χ4v) is 4.62. The number of amides is 3. The van der Waals surface area contributed by atoms with Crippen molar-refractivity contribution < 1.29 is 19.1 Å². The van der Waals surface area contributed by atoms with Gasteiger partial charge in [-0.2, -0.15) is 0 Å². The highest BCUT2D eigenvalue weighted by Gasteiger charge is 2.24. The van der Waals surface area contributed by atoms with Gasteiger partial charge in [0.2, 0.25) is 11.8 Å². The van der Waals surface area contributed by atoms with Crippen molar-refractivity contribution in [3.05, 3.63) is 94.0 Å². The Kier molecular flexibility index (Phi) is 8.08. The molecule has 1 unspecified atom stereocenters. The van der Waals surface area contributed by atoms with Crippen LogP contribution in [0.3, 0.4) is 0 Å². The first-order chi connectivity index (χ1) is 17.9. The third-order valence-electron chi connectivity index (χ3n) is 6.50. The molecular weight excluding hydrogens is 468 g/mol. The first-order valence-electron chi connectivity index (χ1n) is 12.5. The summed E-state index contributed by atoms with van der Waals surface area (Å²) in [5.74, 6) is -0.752. The standard InChI is InChI=1S/C29H32N4O4/c1-3-19-14-22-15-20(4-2)25(19)11-12-37-29(36)33-23-9-5-7-18(13-23)17-31-28(35)26(22)32-24-10-6-8-21(16-24)27(30)34/h5-10,13-16,26,32H,3-4,11-12,17H2,1-2H3,(H2,30,34)(H,31,35)(H,33,36). The molecule has 5 rings (SSSR count). The molecule has 0 fully saturated rings. The summed E-state index contributed by atoms with van der Waals surface area (Å²) in [6, 6.07) is 17.4. The number of carbonyl (C=O) groups excluding carboxylic acids is 3. The third-order valence-corrected chi connectivity index (χ3v) is 6.50. The summed E-state index contributed by atoms with van der Waals surface area (Å²) in [6.45, 7) is 4.65. The summed E-state index contributed by atoms with van der Waals surface area (Å²) in [7, 11) is 0. The lowest BCUT2D eigenvalue weighted by atomic mass is 9.90. The Balaban J connectivity index is 1.77. The highest BCUT2D eigenvalue weighted by Crippen LogP contribution is 2.28. The van der Waals surface area contributed by atoms with Crippen LogP contribution in [0, 0.1) is 0 Å². The van der Waals surface area contributed by atoms with Crippen LogP contribution in [0.25, 0.3) is 0 Å². The molecular formula is C29H32N4O4. The quantitative estimate of drug-likeness (QED) is 0.411. The molecule has 0 saturated carbocycles.